The van der Waals surface area contributed by atoms with Crippen LogP contribution in [0.2, 0.25) is 0 Å². The summed E-state index contributed by atoms with van der Waals surface area (Å²) in [5, 5.41) is 5.63. The number of carbonyl (C=O) groups excluding carboxylic acids is 5. The highest BCUT2D eigenvalue weighted by atomic mass is 16.6. The van der Waals surface area contributed by atoms with Crippen LogP contribution in [0.15, 0.2) is 0 Å². The monoisotopic (exact) mass is 619 g/mol. The molecule has 0 saturated carbocycles. The zero-order chi connectivity index (χ0) is 32.7. The number of carbonyl (C=O) groups is 5. The van der Waals surface area contributed by atoms with Gasteiger partial charge >= 0.3 is 24.0 Å². The third-order valence-corrected chi connectivity index (χ3v) is 5.47. The van der Waals surface area contributed by atoms with E-state index in [0.717, 1.165) is 0 Å². The molecule has 0 rings (SSSR count). The summed E-state index contributed by atoms with van der Waals surface area (Å²) >= 11 is 0. The van der Waals surface area contributed by atoms with Gasteiger partial charge in [-0.3, -0.25) is 29.0 Å². The lowest BCUT2D eigenvalue weighted by Gasteiger charge is -2.29. The number of hydrogen-bond acceptors (Lipinski definition) is 13. The van der Waals surface area contributed by atoms with E-state index in [0.29, 0.717) is 13.1 Å². The highest BCUT2D eigenvalue weighted by Crippen LogP contribution is 2.06. The third-order valence-electron chi connectivity index (χ3n) is 5.47. The van der Waals surface area contributed by atoms with Gasteiger partial charge in [-0.25, -0.2) is 4.79 Å². The molecule has 0 atom stereocenters. The molecule has 0 fully saturated rings. The summed E-state index contributed by atoms with van der Waals surface area (Å²) in [5.74, 6) is -1.74. The first-order valence-electron chi connectivity index (χ1n) is 14.7. The molecule has 43 heavy (non-hydrogen) atoms. The van der Waals surface area contributed by atoms with E-state index in [4.69, 9.17) is 23.7 Å². The number of alkyl carbamates (subject to hydrolysis) is 1. The Balaban J connectivity index is 5.24. The van der Waals surface area contributed by atoms with Crippen molar-refractivity contribution in [1.29, 1.82) is 0 Å². The second kappa shape index (κ2) is 23.4. The molecule has 250 valence electrons. The molecule has 0 aliphatic carbocycles. The minimum Gasteiger partial charge on any atom is -0.465 e. The molecule has 15 heteroatoms. The van der Waals surface area contributed by atoms with Crippen molar-refractivity contribution in [2.45, 2.75) is 47.1 Å². The van der Waals surface area contributed by atoms with Gasteiger partial charge in [0.05, 0.1) is 59.2 Å². The average molecular weight is 620 g/mol. The zero-order valence-corrected chi connectivity index (χ0v) is 27.0. The Bertz CT molecular complexity index is 817. The minimum absolute atomic E-state index is 0.102. The third kappa shape index (κ3) is 22.2. The SMILES string of the molecule is CCOC(=O)CN(CCN(CC(=O)OCC)CC(=O)N(CCNC)CCOCCNC(=O)OC(C)(C)C)CC(=O)OCC. The fourth-order valence-electron chi connectivity index (χ4n) is 3.59. The number of nitrogens with one attached hydrogen (secondary N) is 2. The van der Waals surface area contributed by atoms with Crippen LogP contribution in [0.4, 0.5) is 4.79 Å². The molecule has 0 unspecified atom stereocenters. The number of rotatable bonds is 23. The average Bonchev–Trinajstić information content (AvgIpc) is 2.90. The van der Waals surface area contributed by atoms with Crippen LogP contribution in [0.1, 0.15) is 41.5 Å². The van der Waals surface area contributed by atoms with Gasteiger partial charge in [0, 0.05) is 39.3 Å². The molecular formula is C28H53N5O10. The highest BCUT2D eigenvalue weighted by molar-refractivity contribution is 5.79. The number of amides is 2. The van der Waals surface area contributed by atoms with Crippen LogP contribution in [-0.4, -0.2) is 156 Å². The van der Waals surface area contributed by atoms with Crippen molar-refractivity contribution in [2.75, 3.05) is 106 Å². The molecule has 15 nitrogen and oxygen atoms in total. The number of likely N-dealkylation sites (N-methyl/N-ethyl adjacent to an activating group) is 1. The van der Waals surface area contributed by atoms with E-state index in [1.54, 1.807) is 63.3 Å². The smallest absolute Gasteiger partial charge is 0.407 e. The normalized spacial score (nSPS) is 11.3. The molecule has 0 aliphatic heterocycles. The number of esters is 3. The van der Waals surface area contributed by atoms with Crippen molar-refractivity contribution in [3.05, 3.63) is 0 Å². The fraction of sp³-hybridized carbons (Fsp3) is 0.821. The Morgan fingerprint density at radius 3 is 1.58 bits per heavy atom. The van der Waals surface area contributed by atoms with Gasteiger partial charge in [0.2, 0.25) is 5.91 Å². The summed E-state index contributed by atoms with van der Waals surface area (Å²) in [6.45, 7) is 12.7. The Morgan fingerprint density at radius 2 is 1.14 bits per heavy atom. The number of nitrogens with zero attached hydrogens (tertiary/aromatic N) is 3. The first kappa shape index (κ1) is 40.0. The molecule has 0 bridgehead atoms. The van der Waals surface area contributed by atoms with Crippen molar-refractivity contribution >= 4 is 29.9 Å². The van der Waals surface area contributed by atoms with Gasteiger partial charge < -0.3 is 39.2 Å². The van der Waals surface area contributed by atoms with Crippen molar-refractivity contribution in [2.24, 2.45) is 0 Å². The molecule has 2 N–H and O–H groups in total. The summed E-state index contributed by atoms with van der Waals surface area (Å²) in [4.78, 5) is 66.4. The van der Waals surface area contributed by atoms with E-state index in [-0.39, 0.29) is 91.3 Å². The van der Waals surface area contributed by atoms with Crippen LogP contribution in [0.25, 0.3) is 0 Å². The summed E-state index contributed by atoms with van der Waals surface area (Å²) in [7, 11) is 1.77. The fourth-order valence-corrected chi connectivity index (χ4v) is 3.59. The molecule has 0 radical (unpaired) electrons. The van der Waals surface area contributed by atoms with Gasteiger partial charge in [-0.15, -0.1) is 0 Å². The largest absolute Gasteiger partial charge is 0.465 e. The van der Waals surface area contributed by atoms with E-state index in [2.05, 4.69) is 10.6 Å². The summed E-state index contributed by atoms with van der Waals surface area (Å²) in [6.07, 6.45) is -0.535. The Morgan fingerprint density at radius 1 is 0.651 bits per heavy atom. The highest BCUT2D eigenvalue weighted by Gasteiger charge is 2.23. The maximum atomic E-state index is 13.3. The van der Waals surface area contributed by atoms with Crippen molar-refractivity contribution < 1.29 is 47.7 Å². The quantitative estimate of drug-likeness (QED) is 0.0883. The van der Waals surface area contributed by atoms with E-state index in [1.807, 2.05) is 0 Å². The summed E-state index contributed by atoms with van der Waals surface area (Å²) < 4.78 is 25.9. The van der Waals surface area contributed by atoms with Crippen LogP contribution in [0.5, 0.6) is 0 Å². The molecule has 0 aromatic carbocycles. The first-order chi connectivity index (χ1) is 20.3. The van der Waals surface area contributed by atoms with Gasteiger partial charge in [-0.1, -0.05) is 0 Å². The van der Waals surface area contributed by atoms with E-state index in [1.165, 1.54) is 0 Å². The lowest BCUT2D eigenvalue weighted by molar-refractivity contribution is -0.150. The molecule has 0 saturated heterocycles. The van der Waals surface area contributed by atoms with Crippen molar-refractivity contribution in [1.82, 2.24) is 25.3 Å². The number of ether oxygens (including phenoxy) is 5. The van der Waals surface area contributed by atoms with E-state index < -0.39 is 29.6 Å². The Kier molecular flexibility index (Phi) is 21.8. The molecule has 0 spiro atoms. The Labute approximate surface area is 255 Å². The predicted octanol–water partition coefficient (Wildman–Crippen LogP) is -0.131. The van der Waals surface area contributed by atoms with Gasteiger partial charge in [-0.05, 0) is 48.6 Å². The molecule has 0 aromatic rings. The second-order valence-electron chi connectivity index (χ2n) is 10.4. The minimum atomic E-state index is -0.597. The van der Waals surface area contributed by atoms with Crippen LogP contribution in [0.3, 0.4) is 0 Å². The first-order valence-corrected chi connectivity index (χ1v) is 14.7. The standard InChI is InChI=1S/C28H53N5O10/c1-8-40-24(35)20-31(14-15-32(21-25(36)41-9-2)22-26(37)42-10-3)19-23(34)33(13-11-29-7)16-18-39-17-12-30-27(38)43-28(4,5)6/h29H,8-22H2,1-7H3,(H,30,38). The molecule has 0 aliphatic rings. The van der Waals surface area contributed by atoms with Gasteiger partial charge in [0.15, 0.2) is 0 Å². The second-order valence-corrected chi connectivity index (χ2v) is 10.4. The summed E-state index contributed by atoms with van der Waals surface area (Å²) in [6, 6.07) is 0. The van der Waals surface area contributed by atoms with E-state index in [9.17, 15) is 24.0 Å². The summed E-state index contributed by atoms with van der Waals surface area (Å²) in [5.41, 5.74) is -0.597. The lowest BCUT2D eigenvalue weighted by atomic mass is 10.2. The lowest BCUT2D eigenvalue weighted by Crippen LogP contribution is -2.48. The van der Waals surface area contributed by atoms with Crippen LogP contribution in [-0.2, 0) is 42.9 Å². The Hall–Kier alpha value is -3.01. The predicted molar refractivity (Wildman–Crippen MR) is 158 cm³/mol. The van der Waals surface area contributed by atoms with E-state index >= 15 is 0 Å². The van der Waals surface area contributed by atoms with Gasteiger partial charge in [-0.2, -0.15) is 0 Å². The van der Waals surface area contributed by atoms with Gasteiger partial charge in [0.25, 0.3) is 0 Å². The topological polar surface area (TPSA) is 165 Å². The van der Waals surface area contributed by atoms with Crippen molar-refractivity contribution in [3.8, 4) is 0 Å². The molecule has 0 heterocycles. The van der Waals surface area contributed by atoms with Crippen molar-refractivity contribution in [3.63, 3.8) is 0 Å². The van der Waals surface area contributed by atoms with Crippen LogP contribution in [0, 0.1) is 0 Å². The van der Waals surface area contributed by atoms with Gasteiger partial charge in [0.1, 0.15) is 5.60 Å². The molecular weight excluding hydrogens is 566 g/mol. The zero-order valence-electron chi connectivity index (χ0n) is 27.0. The van der Waals surface area contributed by atoms with Crippen LogP contribution >= 0.6 is 0 Å². The maximum absolute atomic E-state index is 13.3. The molecule has 0 aromatic heterocycles. The maximum Gasteiger partial charge on any atom is 0.407 e. The van der Waals surface area contributed by atoms with Crippen LogP contribution < -0.4 is 10.6 Å². The molecule has 2 amide bonds. The number of hydrogen-bond donors (Lipinski definition) is 2.